The Morgan fingerprint density at radius 2 is 2.09 bits per heavy atom. The molecule has 1 aromatic carbocycles. The van der Waals surface area contributed by atoms with Gasteiger partial charge in [-0.25, -0.2) is 9.37 Å². The van der Waals surface area contributed by atoms with Gasteiger partial charge in [0, 0.05) is 11.8 Å². The zero-order chi connectivity index (χ0) is 15.9. The Morgan fingerprint density at radius 3 is 2.77 bits per heavy atom. The molecule has 2 aromatic heterocycles. The van der Waals surface area contributed by atoms with E-state index in [2.05, 4.69) is 4.98 Å². The number of pyridine rings is 1. The topological polar surface area (TPSA) is 95.6 Å². The predicted octanol–water partition coefficient (Wildman–Crippen LogP) is 1.83. The molecule has 22 heavy (non-hydrogen) atoms. The highest BCUT2D eigenvalue weighted by molar-refractivity contribution is 5.98. The summed E-state index contributed by atoms with van der Waals surface area (Å²) in [6, 6.07) is 7.86. The van der Waals surface area contributed by atoms with E-state index in [1.807, 2.05) is 0 Å². The standard InChI is InChI=1S/C15H13FN4O2/c1-22-10-6-2-5-9(16)11(10)8-4-3-7-20-13(17)12(14(18)21)19-15(8)20/h2-7H,17H2,1H3,(H2,18,21). The van der Waals surface area contributed by atoms with Crippen LogP contribution in [0.2, 0.25) is 0 Å². The Morgan fingerprint density at radius 1 is 1.32 bits per heavy atom. The molecule has 4 N–H and O–H groups in total. The Bertz CT molecular complexity index is 889. The summed E-state index contributed by atoms with van der Waals surface area (Å²) in [5.41, 5.74) is 12.1. The SMILES string of the molecule is COc1cccc(F)c1-c1cccn2c(N)c(C(N)=O)nc12. The minimum atomic E-state index is -0.743. The van der Waals surface area contributed by atoms with E-state index in [-0.39, 0.29) is 17.1 Å². The van der Waals surface area contributed by atoms with Crippen LogP contribution in [0.5, 0.6) is 5.75 Å². The molecule has 2 heterocycles. The van der Waals surface area contributed by atoms with Gasteiger partial charge < -0.3 is 16.2 Å². The number of rotatable bonds is 3. The number of hydrogen-bond acceptors (Lipinski definition) is 4. The second-order valence-electron chi connectivity index (χ2n) is 4.64. The van der Waals surface area contributed by atoms with Crippen LogP contribution in [0, 0.1) is 5.82 Å². The molecule has 7 heteroatoms. The molecule has 0 spiro atoms. The lowest BCUT2D eigenvalue weighted by molar-refractivity contribution is 0.0997. The molecule has 1 amide bonds. The van der Waals surface area contributed by atoms with Crippen molar-refractivity contribution in [1.29, 1.82) is 0 Å². The van der Waals surface area contributed by atoms with E-state index < -0.39 is 11.7 Å². The van der Waals surface area contributed by atoms with Crippen molar-refractivity contribution in [2.45, 2.75) is 0 Å². The number of methoxy groups -OCH3 is 1. The lowest BCUT2D eigenvalue weighted by Gasteiger charge is -2.10. The van der Waals surface area contributed by atoms with E-state index in [1.54, 1.807) is 30.5 Å². The van der Waals surface area contributed by atoms with Crippen molar-refractivity contribution in [2.24, 2.45) is 5.73 Å². The van der Waals surface area contributed by atoms with E-state index in [1.165, 1.54) is 17.6 Å². The quantitative estimate of drug-likeness (QED) is 0.771. The summed E-state index contributed by atoms with van der Waals surface area (Å²) in [5.74, 6) is -0.739. The highest BCUT2D eigenvalue weighted by Crippen LogP contribution is 2.35. The number of carbonyl (C=O) groups is 1. The molecule has 0 bridgehead atoms. The van der Waals surface area contributed by atoms with E-state index in [9.17, 15) is 9.18 Å². The number of halogens is 1. The molecule has 0 aliphatic rings. The average molecular weight is 300 g/mol. The van der Waals surface area contributed by atoms with Crippen LogP contribution in [0.4, 0.5) is 10.2 Å². The number of fused-ring (bicyclic) bond motifs is 1. The van der Waals surface area contributed by atoms with Crippen molar-refractivity contribution in [3.05, 3.63) is 48.0 Å². The van der Waals surface area contributed by atoms with Gasteiger partial charge in [-0.15, -0.1) is 0 Å². The van der Waals surface area contributed by atoms with Crippen molar-refractivity contribution < 1.29 is 13.9 Å². The Hall–Kier alpha value is -3.09. The molecule has 3 aromatic rings. The van der Waals surface area contributed by atoms with Gasteiger partial charge in [0.1, 0.15) is 23.0 Å². The number of ether oxygens (including phenoxy) is 1. The third kappa shape index (κ3) is 1.95. The van der Waals surface area contributed by atoms with Crippen LogP contribution >= 0.6 is 0 Å². The van der Waals surface area contributed by atoms with Crippen LogP contribution in [-0.4, -0.2) is 22.4 Å². The Balaban J connectivity index is 2.38. The van der Waals surface area contributed by atoms with E-state index >= 15 is 0 Å². The van der Waals surface area contributed by atoms with E-state index in [0.29, 0.717) is 17.0 Å². The van der Waals surface area contributed by atoms with Crippen LogP contribution in [0.1, 0.15) is 10.5 Å². The van der Waals surface area contributed by atoms with Gasteiger partial charge in [0.2, 0.25) is 0 Å². The number of primary amides is 1. The Labute approximate surface area is 125 Å². The average Bonchev–Trinajstić information content (AvgIpc) is 2.85. The van der Waals surface area contributed by atoms with Crippen molar-refractivity contribution in [3.8, 4) is 16.9 Å². The molecule has 6 nitrogen and oxygen atoms in total. The molecular formula is C15H13FN4O2. The van der Waals surface area contributed by atoms with Crippen molar-refractivity contribution in [1.82, 2.24) is 9.38 Å². The number of aromatic nitrogens is 2. The van der Waals surface area contributed by atoms with Gasteiger partial charge in [-0.2, -0.15) is 0 Å². The number of benzene rings is 1. The number of nitrogen functional groups attached to an aromatic ring is 1. The molecule has 0 unspecified atom stereocenters. The second kappa shape index (κ2) is 5.03. The molecule has 0 saturated heterocycles. The number of imidazole rings is 1. The monoisotopic (exact) mass is 300 g/mol. The first-order valence-electron chi connectivity index (χ1n) is 6.43. The van der Waals surface area contributed by atoms with Gasteiger partial charge in [-0.3, -0.25) is 9.20 Å². The van der Waals surface area contributed by atoms with Gasteiger partial charge in [-0.05, 0) is 24.3 Å². The molecule has 0 atom stereocenters. The maximum atomic E-state index is 14.3. The summed E-state index contributed by atoms with van der Waals surface area (Å²) < 4.78 is 21.0. The number of amides is 1. The zero-order valence-electron chi connectivity index (χ0n) is 11.7. The smallest absolute Gasteiger partial charge is 0.271 e. The minimum Gasteiger partial charge on any atom is -0.496 e. The number of nitrogens with zero attached hydrogens (tertiary/aromatic N) is 2. The zero-order valence-corrected chi connectivity index (χ0v) is 11.7. The lowest BCUT2D eigenvalue weighted by Crippen LogP contribution is -2.13. The van der Waals surface area contributed by atoms with Gasteiger partial charge in [-0.1, -0.05) is 6.07 Å². The van der Waals surface area contributed by atoms with E-state index in [4.69, 9.17) is 16.2 Å². The van der Waals surface area contributed by atoms with Crippen molar-refractivity contribution in [2.75, 3.05) is 12.8 Å². The molecule has 0 aliphatic carbocycles. The summed E-state index contributed by atoms with van der Waals surface area (Å²) in [4.78, 5) is 15.5. The van der Waals surface area contributed by atoms with Gasteiger partial charge in [0.25, 0.3) is 5.91 Å². The highest BCUT2D eigenvalue weighted by Gasteiger charge is 2.20. The summed E-state index contributed by atoms with van der Waals surface area (Å²) in [7, 11) is 1.45. The fraction of sp³-hybridized carbons (Fsp3) is 0.0667. The highest BCUT2D eigenvalue weighted by atomic mass is 19.1. The Kier molecular flexibility index (Phi) is 3.17. The third-order valence-electron chi connectivity index (χ3n) is 3.39. The number of nitrogens with two attached hydrogens (primary N) is 2. The van der Waals surface area contributed by atoms with E-state index in [0.717, 1.165) is 0 Å². The van der Waals surface area contributed by atoms with Crippen LogP contribution in [0.25, 0.3) is 16.8 Å². The molecule has 112 valence electrons. The summed E-state index contributed by atoms with van der Waals surface area (Å²) in [6.45, 7) is 0. The molecule has 0 fully saturated rings. The van der Waals surface area contributed by atoms with Crippen LogP contribution < -0.4 is 16.2 Å². The summed E-state index contributed by atoms with van der Waals surface area (Å²) >= 11 is 0. The molecule has 3 rings (SSSR count). The van der Waals surface area contributed by atoms with Crippen LogP contribution in [0.15, 0.2) is 36.5 Å². The summed E-state index contributed by atoms with van der Waals surface area (Å²) in [5, 5.41) is 0. The number of anilines is 1. The van der Waals surface area contributed by atoms with Gasteiger partial charge >= 0.3 is 0 Å². The molecular weight excluding hydrogens is 287 g/mol. The predicted molar refractivity (Wildman–Crippen MR) is 80.1 cm³/mol. The van der Waals surface area contributed by atoms with Crippen LogP contribution in [0.3, 0.4) is 0 Å². The molecule has 0 aliphatic heterocycles. The first-order chi connectivity index (χ1) is 10.5. The third-order valence-corrected chi connectivity index (χ3v) is 3.39. The number of hydrogen-bond donors (Lipinski definition) is 2. The first kappa shape index (κ1) is 13.9. The fourth-order valence-electron chi connectivity index (χ4n) is 2.40. The fourth-order valence-corrected chi connectivity index (χ4v) is 2.40. The van der Waals surface area contributed by atoms with Crippen LogP contribution in [-0.2, 0) is 0 Å². The largest absolute Gasteiger partial charge is 0.496 e. The minimum absolute atomic E-state index is 0.0530. The second-order valence-corrected chi connectivity index (χ2v) is 4.64. The van der Waals surface area contributed by atoms with Gasteiger partial charge in [0.05, 0.1) is 12.7 Å². The molecule has 0 saturated carbocycles. The normalized spacial score (nSPS) is 10.8. The maximum Gasteiger partial charge on any atom is 0.271 e. The summed E-state index contributed by atoms with van der Waals surface area (Å²) in [6.07, 6.45) is 1.63. The van der Waals surface area contributed by atoms with Gasteiger partial charge in [0.15, 0.2) is 5.69 Å². The maximum absolute atomic E-state index is 14.3. The first-order valence-corrected chi connectivity index (χ1v) is 6.43. The van der Waals surface area contributed by atoms with Crippen molar-refractivity contribution >= 4 is 17.4 Å². The molecule has 0 radical (unpaired) electrons. The van der Waals surface area contributed by atoms with Crippen molar-refractivity contribution in [3.63, 3.8) is 0 Å². The lowest BCUT2D eigenvalue weighted by atomic mass is 10.1. The number of carbonyl (C=O) groups excluding carboxylic acids is 1.